The molecule has 0 amide bonds. The SMILES string of the molecule is CCOC(=O)C1=C(C)N=c2s/c(=C/c3cc(Br)c(OCc4ccc(F)cc4)c([N+](=O)[O-])c3)c(=O)n2[C@H]1c1ccc(OCC(=O)OC)c(OCC)c1. The lowest BCUT2D eigenvalue weighted by Gasteiger charge is -2.25. The van der Waals surface area contributed by atoms with Gasteiger partial charge in [-0.05, 0) is 89.8 Å². The minimum absolute atomic E-state index is 0.0400. The third kappa shape index (κ3) is 8.18. The summed E-state index contributed by atoms with van der Waals surface area (Å²) in [6.45, 7) is 4.97. The van der Waals surface area contributed by atoms with Crippen molar-refractivity contribution in [3.63, 3.8) is 0 Å². The van der Waals surface area contributed by atoms with E-state index in [2.05, 4.69) is 25.7 Å². The number of carbonyl (C=O) groups excluding carboxylic acids is 2. The van der Waals surface area contributed by atoms with Crippen LogP contribution in [0.5, 0.6) is 17.2 Å². The molecule has 1 aromatic heterocycles. The smallest absolute Gasteiger partial charge is 0.343 e. The molecule has 0 N–H and O–H groups in total. The molecule has 16 heteroatoms. The molecule has 2 heterocycles. The summed E-state index contributed by atoms with van der Waals surface area (Å²) in [7, 11) is 1.24. The number of fused-ring (bicyclic) bond motifs is 1. The van der Waals surface area contributed by atoms with Gasteiger partial charge < -0.3 is 23.7 Å². The molecule has 51 heavy (non-hydrogen) atoms. The third-order valence-corrected chi connectivity index (χ3v) is 9.08. The van der Waals surface area contributed by atoms with E-state index in [-0.39, 0.29) is 68.7 Å². The number of carbonyl (C=O) groups is 2. The second-order valence-corrected chi connectivity index (χ2v) is 12.7. The van der Waals surface area contributed by atoms with Crippen molar-refractivity contribution in [2.24, 2.45) is 4.99 Å². The van der Waals surface area contributed by atoms with E-state index in [1.54, 1.807) is 45.0 Å². The fourth-order valence-corrected chi connectivity index (χ4v) is 6.86. The molecule has 0 spiro atoms. The predicted octanol–water partition coefficient (Wildman–Crippen LogP) is 5.14. The fraction of sp³-hybridized carbons (Fsp3) is 0.257. The zero-order valence-electron chi connectivity index (χ0n) is 27.8. The van der Waals surface area contributed by atoms with Crippen molar-refractivity contribution >= 4 is 51.0 Å². The summed E-state index contributed by atoms with van der Waals surface area (Å²) in [5, 5.41) is 12.1. The van der Waals surface area contributed by atoms with Crippen LogP contribution in [0.25, 0.3) is 6.08 Å². The number of methoxy groups -OCH3 is 1. The zero-order chi connectivity index (χ0) is 36.8. The Kier molecular flexibility index (Phi) is 11.7. The molecule has 0 saturated heterocycles. The molecule has 0 fully saturated rings. The number of esters is 2. The van der Waals surface area contributed by atoms with Crippen LogP contribution in [-0.2, 0) is 25.7 Å². The highest BCUT2D eigenvalue weighted by Gasteiger charge is 2.34. The zero-order valence-corrected chi connectivity index (χ0v) is 30.2. The third-order valence-electron chi connectivity index (χ3n) is 7.51. The van der Waals surface area contributed by atoms with Gasteiger partial charge in [0.2, 0.25) is 5.75 Å². The largest absolute Gasteiger partial charge is 0.490 e. The van der Waals surface area contributed by atoms with Gasteiger partial charge in [0.1, 0.15) is 12.4 Å². The van der Waals surface area contributed by atoms with Gasteiger partial charge in [-0.25, -0.2) is 19.0 Å². The summed E-state index contributed by atoms with van der Waals surface area (Å²) < 4.78 is 42.3. The van der Waals surface area contributed by atoms with Crippen molar-refractivity contribution in [2.45, 2.75) is 33.4 Å². The van der Waals surface area contributed by atoms with Crippen molar-refractivity contribution in [1.29, 1.82) is 0 Å². The Labute approximate surface area is 302 Å². The molecule has 0 aliphatic carbocycles. The van der Waals surface area contributed by atoms with Crippen LogP contribution in [0.1, 0.15) is 43.5 Å². The monoisotopic (exact) mass is 783 g/mol. The first-order chi connectivity index (χ1) is 24.4. The van der Waals surface area contributed by atoms with Gasteiger partial charge in [0.05, 0.1) is 51.6 Å². The molecule has 266 valence electrons. The lowest BCUT2D eigenvalue weighted by molar-refractivity contribution is -0.386. The molecule has 4 aromatic rings. The van der Waals surface area contributed by atoms with Gasteiger partial charge in [-0.1, -0.05) is 29.5 Å². The van der Waals surface area contributed by atoms with Crippen molar-refractivity contribution in [3.05, 3.63) is 123 Å². The van der Waals surface area contributed by atoms with E-state index >= 15 is 0 Å². The predicted molar refractivity (Wildman–Crippen MR) is 187 cm³/mol. The molecule has 3 aromatic carbocycles. The normalized spacial score (nSPS) is 14.0. The summed E-state index contributed by atoms with van der Waals surface area (Å²) in [5.74, 6) is -1.22. The minimum Gasteiger partial charge on any atom is -0.490 e. The maximum absolute atomic E-state index is 14.2. The number of nitro benzene ring substituents is 1. The fourth-order valence-electron chi connectivity index (χ4n) is 5.23. The Bertz CT molecular complexity index is 2220. The molecular weight excluding hydrogens is 753 g/mol. The number of hydrogen-bond acceptors (Lipinski definition) is 12. The Morgan fingerprint density at radius 2 is 1.80 bits per heavy atom. The molecule has 13 nitrogen and oxygen atoms in total. The van der Waals surface area contributed by atoms with Crippen LogP contribution in [0.2, 0.25) is 0 Å². The number of thiazole rings is 1. The summed E-state index contributed by atoms with van der Waals surface area (Å²) in [6, 6.07) is 12.2. The number of rotatable bonds is 13. The number of allylic oxidation sites excluding steroid dienone is 1. The van der Waals surface area contributed by atoms with Crippen LogP contribution in [0.15, 0.2) is 80.1 Å². The first-order valence-electron chi connectivity index (χ1n) is 15.5. The summed E-state index contributed by atoms with van der Waals surface area (Å²) in [6.07, 6.45) is 1.49. The van der Waals surface area contributed by atoms with Crippen molar-refractivity contribution < 1.29 is 42.6 Å². The molecule has 5 rings (SSSR count). The van der Waals surface area contributed by atoms with E-state index in [0.717, 1.165) is 11.3 Å². The molecule has 0 saturated carbocycles. The Morgan fingerprint density at radius 1 is 1.06 bits per heavy atom. The van der Waals surface area contributed by atoms with Gasteiger partial charge >= 0.3 is 17.6 Å². The molecule has 0 bridgehead atoms. The Hall–Kier alpha value is -5.35. The number of nitro groups is 1. The van der Waals surface area contributed by atoms with E-state index in [4.69, 9.17) is 18.9 Å². The van der Waals surface area contributed by atoms with Gasteiger partial charge in [0, 0.05) is 6.07 Å². The van der Waals surface area contributed by atoms with Crippen LogP contribution in [0, 0.1) is 15.9 Å². The van der Waals surface area contributed by atoms with Crippen LogP contribution in [-0.4, -0.2) is 48.4 Å². The molecular formula is C35H31BrFN3O10S. The van der Waals surface area contributed by atoms with Crippen molar-refractivity contribution in [3.8, 4) is 17.2 Å². The van der Waals surface area contributed by atoms with Gasteiger partial charge in [-0.15, -0.1) is 0 Å². The molecule has 1 aliphatic rings. The molecule has 1 aliphatic heterocycles. The maximum Gasteiger partial charge on any atom is 0.343 e. The molecule has 1 atom stereocenters. The average molecular weight is 785 g/mol. The first kappa shape index (κ1) is 36.9. The van der Waals surface area contributed by atoms with E-state index in [1.165, 1.54) is 48.1 Å². The van der Waals surface area contributed by atoms with E-state index in [0.29, 0.717) is 22.4 Å². The number of nitrogens with zero attached hydrogens (tertiary/aromatic N) is 3. The van der Waals surface area contributed by atoms with Crippen LogP contribution in [0.3, 0.4) is 0 Å². The average Bonchev–Trinajstić information content (AvgIpc) is 3.40. The molecule has 0 unspecified atom stereocenters. The number of ether oxygens (including phenoxy) is 5. The standard InChI is InChI=1S/C35H31BrFN3O10S/c1-5-47-27-16-22(9-12-26(27)49-18-29(41)46-4)31-30(34(43)48-6-2)19(3)38-35-39(31)33(42)28(51-35)15-21-13-24(36)32(25(14-21)40(44)45)50-17-20-7-10-23(37)11-8-20/h7-16,31H,5-6,17-18H2,1-4H3/b28-15+/t31-/m0/s1. The van der Waals surface area contributed by atoms with Gasteiger partial charge in [0.15, 0.2) is 22.9 Å². The van der Waals surface area contributed by atoms with Crippen molar-refractivity contribution in [2.75, 3.05) is 26.9 Å². The second-order valence-electron chi connectivity index (χ2n) is 10.8. The second kappa shape index (κ2) is 16.1. The topological polar surface area (TPSA) is 158 Å². The quantitative estimate of drug-likeness (QED) is 0.101. The highest BCUT2D eigenvalue weighted by Crippen LogP contribution is 2.38. The number of hydrogen-bond donors (Lipinski definition) is 0. The number of benzene rings is 3. The van der Waals surface area contributed by atoms with Crippen molar-refractivity contribution in [1.82, 2.24) is 4.57 Å². The first-order valence-corrected chi connectivity index (χ1v) is 17.1. The van der Waals surface area contributed by atoms with Crippen LogP contribution >= 0.6 is 27.3 Å². The van der Waals surface area contributed by atoms with Crippen LogP contribution < -0.4 is 29.1 Å². The summed E-state index contributed by atoms with van der Waals surface area (Å²) >= 11 is 4.40. The summed E-state index contributed by atoms with van der Waals surface area (Å²) in [5.41, 5.74) is 0.969. The van der Waals surface area contributed by atoms with E-state index < -0.39 is 34.3 Å². The lowest BCUT2D eigenvalue weighted by atomic mass is 9.95. The Balaban J connectivity index is 1.60. The number of aromatic nitrogens is 1. The maximum atomic E-state index is 14.2. The number of halogens is 2. The Morgan fingerprint density at radius 3 is 2.47 bits per heavy atom. The van der Waals surface area contributed by atoms with E-state index in [9.17, 15) is 28.9 Å². The van der Waals surface area contributed by atoms with E-state index in [1.807, 2.05) is 0 Å². The van der Waals surface area contributed by atoms with Gasteiger partial charge in [-0.3, -0.25) is 19.5 Å². The minimum atomic E-state index is -1.00. The van der Waals surface area contributed by atoms with Crippen LogP contribution in [0.4, 0.5) is 10.1 Å². The molecule has 0 radical (unpaired) electrons. The summed E-state index contributed by atoms with van der Waals surface area (Å²) in [4.78, 5) is 55.6. The van der Waals surface area contributed by atoms with Gasteiger partial charge in [0.25, 0.3) is 5.56 Å². The highest BCUT2D eigenvalue weighted by atomic mass is 79.9. The van der Waals surface area contributed by atoms with Gasteiger partial charge in [-0.2, -0.15) is 0 Å². The lowest BCUT2D eigenvalue weighted by Crippen LogP contribution is -2.40. The highest BCUT2D eigenvalue weighted by molar-refractivity contribution is 9.10.